The molecule has 6 nitrogen and oxygen atoms in total. The molecule has 0 aliphatic carbocycles. The van der Waals surface area contributed by atoms with Crippen LogP contribution in [-0.2, 0) is 11.2 Å². The molecule has 1 unspecified atom stereocenters. The summed E-state index contributed by atoms with van der Waals surface area (Å²) in [6.07, 6.45) is 4.14. The van der Waals surface area contributed by atoms with E-state index in [2.05, 4.69) is 15.7 Å². The number of hydrogen-bond donors (Lipinski definition) is 2. The Labute approximate surface area is 179 Å². The average Bonchev–Trinajstić information content (AvgIpc) is 3.27. The standard InChI is InChI=1S/C23H24F2N4O2/c1-15(2)21(28-22(30)20-18(24)5-3-6-19(20)25)23(31)26-13-11-16-7-9-17(10-8-16)29-14-4-12-27-29/h3-10,12,14-15,21H,11,13H2,1-2H3,(H,26,31)(H,28,30). The second kappa shape index (κ2) is 9.97. The number of hydrogen-bond acceptors (Lipinski definition) is 3. The van der Waals surface area contributed by atoms with Crippen LogP contribution >= 0.6 is 0 Å². The van der Waals surface area contributed by atoms with Crippen LogP contribution in [0.2, 0.25) is 0 Å². The first-order chi connectivity index (χ1) is 14.9. The van der Waals surface area contributed by atoms with Gasteiger partial charge in [-0.3, -0.25) is 9.59 Å². The largest absolute Gasteiger partial charge is 0.354 e. The summed E-state index contributed by atoms with van der Waals surface area (Å²) in [6, 6.07) is 11.9. The Hall–Kier alpha value is -3.55. The predicted octanol–water partition coefficient (Wildman–Crippen LogP) is 3.26. The summed E-state index contributed by atoms with van der Waals surface area (Å²) in [5.41, 5.74) is 1.26. The van der Waals surface area contributed by atoms with E-state index in [0.717, 1.165) is 23.4 Å². The molecule has 0 aliphatic heterocycles. The Morgan fingerprint density at radius 1 is 1.03 bits per heavy atom. The van der Waals surface area contributed by atoms with E-state index >= 15 is 0 Å². The molecular weight excluding hydrogens is 402 g/mol. The Morgan fingerprint density at radius 3 is 2.29 bits per heavy atom. The van der Waals surface area contributed by atoms with Gasteiger partial charge >= 0.3 is 0 Å². The molecule has 0 radical (unpaired) electrons. The number of nitrogens with one attached hydrogen (secondary N) is 2. The summed E-state index contributed by atoms with van der Waals surface area (Å²) in [7, 11) is 0. The zero-order valence-electron chi connectivity index (χ0n) is 17.3. The van der Waals surface area contributed by atoms with E-state index in [0.29, 0.717) is 13.0 Å². The predicted molar refractivity (Wildman–Crippen MR) is 113 cm³/mol. The van der Waals surface area contributed by atoms with Crippen LogP contribution in [0.3, 0.4) is 0 Å². The molecule has 2 aromatic carbocycles. The van der Waals surface area contributed by atoms with Crippen molar-refractivity contribution in [3.63, 3.8) is 0 Å². The van der Waals surface area contributed by atoms with Crippen LogP contribution in [0.1, 0.15) is 29.8 Å². The van der Waals surface area contributed by atoms with E-state index in [4.69, 9.17) is 0 Å². The lowest BCUT2D eigenvalue weighted by Gasteiger charge is -2.22. The first-order valence-electron chi connectivity index (χ1n) is 9.98. The lowest BCUT2D eigenvalue weighted by molar-refractivity contribution is -0.123. The molecule has 3 aromatic rings. The van der Waals surface area contributed by atoms with E-state index in [1.54, 1.807) is 24.7 Å². The first-order valence-corrected chi connectivity index (χ1v) is 9.98. The van der Waals surface area contributed by atoms with Crippen molar-refractivity contribution in [3.8, 4) is 5.69 Å². The van der Waals surface area contributed by atoms with Crippen LogP contribution in [-0.4, -0.2) is 34.2 Å². The van der Waals surface area contributed by atoms with E-state index in [1.165, 1.54) is 6.07 Å². The molecule has 2 amide bonds. The summed E-state index contributed by atoms with van der Waals surface area (Å²) < 4.78 is 29.5. The summed E-state index contributed by atoms with van der Waals surface area (Å²) in [4.78, 5) is 24.9. The van der Waals surface area contributed by atoms with Gasteiger partial charge in [-0.2, -0.15) is 5.10 Å². The number of benzene rings is 2. The van der Waals surface area contributed by atoms with Crippen LogP contribution in [0, 0.1) is 17.6 Å². The van der Waals surface area contributed by atoms with E-state index in [1.807, 2.05) is 36.5 Å². The third-order valence-electron chi connectivity index (χ3n) is 4.84. The quantitative estimate of drug-likeness (QED) is 0.581. The maximum absolute atomic E-state index is 13.9. The number of halogens is 2. The van der Waals surface area contributed by atoms with Gasteiger partial charge in [0.2, 0.25) is 5.91 Å². The van der Waals surface area contributed by atoms with Gasteiger partial charge in [0.25, 0.3) is 5.91 Å². The first kappa shape index (κ1) is 22.1. The van der Waals surface area contributed by atoms with Crippen molar-refractivity contribution in [2.75, 3.05) is 6.54 Å². The van der Waals surface area contributed by atoms with Crippen molar-refractivity contribution >= 4 is 11.8 Å². The van der Waals surface area contributed by atoms with Gasteiger partial charge in [-0.1, -0.05) is 32.0 Å². The van der Waals surface area contributed by atoms with Crippen LogP contribution in [0.4, 0.5) is 8.78 Å². The monoisotopic (exact) mass is 426 g/mol. The molecule has 31 heavy (non-hydrogen) atoms. The van der Waals surface area contributed by atoms with Gasteiger partial charge in [-0.25, -0.2) is 13.5 Å². The SMILES string of the molecule is CC(C)C(NC(=O)c1c(F)cccc1F)C(=O)NCCc1ccc(-n2cccn2)cc1. The minimum absolute atomic E-state index is 0.271. The molecular formula is C23H24F2N4O2. The van der Waals surface area contributed by atoms with Crippen LogP contribution in [0.15, 0.2) is 60.9 Å². The van der Waals surface area contributed by atoms with Crippen molar-refractivity contribution in [3.05, 3.63) is 83.7 Å². The number of rotatable bonds is 8. The molecule has 0 saturated carbocycles. The number of amides is 2. The summed E-state index contributed by atoms with van der Waals surface area (Å²) in [5.74, 6) is -3.59. The fourth-order valence-electron chi connectivity index (χ4n) is 3.14. The van der Waals surface area contributed by atoms with Crippen molar-refractivity contribution in [2.45, 2.75) is 26.3 Å². The van der Waals surface area contributed by atoms with Crippen LogP contribution in [0.25, 0.3) is 5.69 Å². The molecule has 162 valence electrons. The number of nitrogens with zero attached hydrogens (tertiary/aromatic N) is 2. The molecule has 3 rings (SSSR count). The molecule has 0 fully saturated rings. The lowest BCUT2D eigenvalue weighted by Crippen LogP contribution is -2.50. The van der Waals surface area contributed by atoms with Gasteiger partial charge in [0.1, 0.15) is 23.2 Å². The minimum atomic E-state index is -0.973. The molecule has 0 saturated heterocycles. The Morgan fingerprint density at radius 2 is 1.71 bits per heavy atom. The zero-order chi connectivity index (χ0) is 22.4. The highest BCUT2D eigenvalue weighted by Crippen LogP contribution is 2.13. The van der Waals surface area contributed by atoms with Crippen LogP contribution < -0.4 is 10.6 Å². The summed E-state index contributed by atoms with van der Waals surface area (Å²) >= 11 is 0. The van der Waals surface area contributed by atoms with Crippen LogP contribution in [0.5, 0.6) is 0 Å². The maximum Gasteiger partial charge on any atom is 0.257 e. The Bertz CT molecular complexity index is 1010. The second-order valence-electron chi connectivity index (χ2n) is 7.45. The molecule has 0 spiro atoms. The Balaban J connectivity index is 1.56. The summed E-state index contributed by atoms with van der Waals surface area (Å²) in [5, 5.41) is 9.40. The zero-order valence-corrected chi connectivity index (χ0v) is 17.3. The highest BCUT2D eigenvalue weighted by molar-refractivity contribution is 5.98. The molecule has 0 aliphatic rings. The van der Waals surface area contributed by atoms with Crippen molar-refractivity contribution in [2.24, 2.45) is 5.92 Å². The second-order valence-corrected chi connectivity index (χ2v) is 7.45. The smallest absolute Gasteiger partial charge is 0.257 e. The summed E-state index contributed by atoms with van der Waals surface area (Å²) in [6.45, 7) is 3.85. The van der Waals surface area contributed by atoms with Crippen molar-refractivity contribution in [1.82, 2.24) is 20.4 Å². The normalized spacial score (nSPS) is 11.9. The topological polar surface area (TPSA) is 76.0 Å². The fraction of sp³-hybridized carbons (Fsp3) is 0.261. The van der Waals surface area contributed by atoms with Gasteiger partial charge in [0.15, 0.2) is 0 Å². The molecule has 1 heterocycles. The third kappa shape index (κ3) is 5.53. The van der Waals surface area contributed by atoms with Gasteiger partial charge in [-0.05, 0) is 48.2 Å². The Kier molecular flexibility index (Phi) is 7.12. The molecule has 1 aromatic heterocycles. The van der Waals surface area contributed by atoms with Gasteiger partial charge in [0.05, 0.1) is 5.69 Å². The number of carbonyl (C=O) groups excluding carboxylic acids is 2. The number of aromatic nitrogens is 2. The highest BCUT2D eigenvalue weighted by atomic mass is 19.1. The lowest BCUT2D eigenvalue weighted by atomic mass is 10.0. The fourth-order valence-corrected chi connectivity index (χ4v) is 3.14. The third-order valence-corrected chi connectivity index (χ3v) is 4.84. The average molecular weight is 426 g/mol. The number of carbonyl (C=O) groups is 2. The molecule has 2 N–H and O–H groups in total. The minimum Gasteiger partial charge on any atom is -0.354 e. The van der Waals surface area contributed by atoms with Gasteiger partial charge in [-0.15, -0.1) is 0 Å². The van der Waals surface area contributed by atoms with Crippen molar-refractivity contribution in [1.29, 1.82) is 0 Å². The van der Waals surface area contributed by atoms with Gasteiger partial charge < -0.3 is 10.6 Å². The van der Waals surface area contributed by atoms with E-state index in [9.17, 15) is 18.4 Å². The van der Waals surface area contributed by atoms with Gasteiger partial charge in [0, 0.05) is 18.9 Å². The van der Waals surface area contributed by atoms with E-state index < -0.39 is 35.1 Å². The molecule has 1 atom stereocenters. The molecule has 0 bridgehead atoms. The molecule has 8 heteroatoms. The maximum atomic E-state index is 13.9. The van der Waals surface area contributed by atoms with Crippen molar-refractivity contribution < 1.29 is 18.4 Å². The van der Waals surface area contributed by atoms with E-state index in [-0.39, 0.29) is 5.92 Å². The highest BCUT2D eigenvalue weighted by Gasteiger charge is 2.27.